The fourth-order valence-electron chi connectivity index (χ4n) is 3.39. The van der Waals surface area contributed by atoms with Crippen LogP contribution in [-0.2, 0) is 9.53 Å². The molecule has 0 N–H and O–H groups in total. The molecule has 164 valence electrons. The number of thiocarbonyl (C=S) groups is 1. The molecule has 2 aromatic heterocycles. The largest absolute Gasteiger partial charge is 0.438 e. The summed E-state index contributed by atoms with van der Waals surface area (Å²) in [4.78, 5) is 32.6. The lowest BCUT2D eigenvalue weighted by atomic mass is 10.1. The van der Waals surface area contributed by atoms with Crippen molar-refractivity contribution in [3.8, 4) is 11.6 Å². The summed E-state index contributed by atoms with van der Waals surface area (Å²) in [6.45, 7) is 4.64. The number of amides is 1. The maximum Gasteiger partial charge on any atom is 0.269 e. The maximum absolute atomic E-state index is 13.3. The highest BCUT2D eigenvalue weighted by Crippen LogP contribution is 2.34. The minimum Gasteiger partial charge on any atom is -0.438 e. The molecule has 32 heavy (non-hydrogen) atoms. The number of benzene rings is 1. The van der Waals surface area contributed by atoms with Crippen molar-refractivity contribution in [2.75, 3.05) is 20.3 Å². The van der Waals surface area contributed by atoms with Crippen LogP contribution in [0.4, 0.5) is 0 Å². The predicted molar refractivity (Wildman–Crippen MR) is 129 cm³/mol. The SMILES string of the molecule is COCCN1C(=O)/C(=C/c2c(Oc3cc(C)cc(C)c3)nc3ccccn3c2=O)SC1=S. The quantitative estimate of drug-likeness (QED) is 0.401. The first-order chi connectivity index (χ1) is 15.4. The molecule has 4 rings (SSSR count). The second kappa shape index (κ2) is 9.23. The van der Waals surface area contributed by atoms with E-state index in [-0.39, 0.29) is 22.9 Å². The van der Waals surface area contributed by atoms with Crippen molar-refractivity contribution in [1.82, 2.24) is 14.3 Å². The van der Waals surface area contributed by atoms with Gasteiger partial charge in [0.1, 0.15) is 21.3 Å². The molecule has 1 saturated heterocycles. The molecule has 1 aliphatic rings. The smallest absolute Gasteiger partial charge is 0.269 e. The van der Waals surface area contributed by atoms with Gasteiger partial charge in [-0.3, -0.25) is 18.9 Å². The Morgan fingerprint density at radius 3 is 2.62 bits per heavy atom. The van der Waals surface area contributed by atoms with E-state index in [1.54, 1.807) is 31.5 Å². The van der Waals surface area contributed by atoms with Crippen LogP contribution in [0, 0.1) is 13.8 Å². The lowest BCUT2D eigenvalue weighted by Crippen LogP contribution is -2.31. The Bertz CT molecular complexity index is 1300. The summed E-state index contributed by atoms with van der Waals surface area (Å²) in [5.41, 5.74) is 2.34. The highest BCUT2D eigenvalue weighted by molar-refractivity contribution is 8.26. The third kappa shape index (κ3) is 4.45. The zero-order chi connectivity index (χ0) is 22.8. The average Bonchev–Trinajstić information content (AvgIpc) is 3.01. The van der Waals surface area contributed by atoms with E-state index < -0.39 is 0 Å². The highest BCUT2D eigenvalue weighted by atomic mass is 32.2. The summed E-state index contributed by atoms with van der Waals surface area (Å²) in [7, 11) is 1.56. The first-order valence-corrected chi connectivity index (χ1v) is 11.1. The van der Waals surface area contributed by atoms with Crippen molar-refractivity contribution in [2.24, 2.45) is 0 Å². The van der Waals surface area contributed by atoms with E-state index in [1.165, 1.54) is 15.4 Å². The number of carbonyl (C=O) groups is 1. The average molecular weight is 468 g/mol. The van der Waals surface area contributed by atoms with Crippen LogP contribution in [-0.4, -0.2) is 44.8 Å². The lowest BCUT2D eigenvalue weighted by molar-refractivity contribution is -0.122. The van der Waals surface area contributed by atoms with Crippen LogP contribution >= 0.6 is 24.0 Å². The van der Waals surface area contributed by atoms with E-state index in [0.29, 0.717) is 33.8 Å². The number of thioether (sulfide) groups is 1. The lowest BCUT2D eigenvalue weighted by Gasteiger charge is -2.13. The number of hydrogen-bond donors (Lipinski definition) is 0. The molecule has 1 aromatic carbocycles. The van der Waals surface area contributed by atoms with Gasteiger partial charge in [-0.05, 0) is 55.3 Å². The Kier molecular flexibility index (Phi) is 6.40. The second-order valence-corrected chi connectivity index (χ2v) is 8.99. The molecule has 1 aliphatic heterocycles. The summed E-state index contributed by atoms with van der Waals surface area (Å²) in [6.07, 6.45) is 3.14. The summed E-state index contributed by atoms with van der Waals surface area (Å²) in [6, 6.07) is 11.0. The van der Waals surface area contributed by atoms with Gasteiger partial charge in [0, 0.05) is 13.3 Å². The maximum atomic E-state index is 13.3. The fourth-order valence-corrected chi connectivity index (χ4v) is 4.68. The normalized spacial score (nSPS) is 15.2. The zero-order valence-corrected chi connectivity index (χ0v) is 19.5. The van der Waals surface area contributed by atoms with E-state index in [2.05, 4.69) is 4.98 Å². The summed E-state index contributed by atoms with van der Waals surface area (Å²) in [5.74, 6) is 0.428. The Hall–Kier alpha value is -3.01. The minimum atomic E-state index is -0.336. The molecule has 0 saturated carbocycles. The molecule has 0 bridgehead atoms. The summed E-state index contributed by atoms with van der Waals surface area (Å²) >= 11 is 6.48. The van der Waals surface area contributed by atoms with Gasteiger partial charge in [0.2, 0.25) is 5.88 Å². The molecule has 1 amide bonds. The standard InChI is InChI=1S/C23H21N3O4S2/c1-14-10-15(2)12-16(11-14)30-20-17(21(27)25-7-5-4-6-19(25)24-20)13-18-22(28)26(8-9-29-3)23(31)32-18/h4-7,10-13H,8-9H2,1-3H3/b18-13-. The van der Waals surface area contributed by atoms with Crippen LogP contribution in [0.3, 0.4) is 0 Å². The van der Waals surface area contributed by atoms with Crippen molar-refractivity contribution >= 4 is 45.9 Å². The number of aryl methyl sites for hydroxylation is 2. The number of nitrogens with zero attached hydrogens (tertiary/aromatic N) is 3. The van der Waals surface area contributed by atoms with Gasteiger partial charge in [0.05, 0.1) is 18.1 Å². The van der Waals surface area contributed by atoms with Gasteiger partial charge in [-0.2, -0.15) is 4.98 Å². The molecule has 3 aromatic rings. The number of carbonyl (C=O) groups excluding carboxylic acids is 1. The topological polar surface area (TPSA) is 73.1 Å². The van der Waals surface area contributed by atoms with Crippen LogP contribution in [0.2, 0.25) is 0 Å². The number of aromatic nitrogens is 2. The molecule has 0 atom stereocenters. The van der Waals surface area contributed by atoms with Gasteiger partial charge in [-0.25, -0.2) is 0 Å². The van der Waals surface area contributed by atoms with Crippen LogP contribution < -0.4 is 10.3 Å². The van der Waals surface area contributed by atoms with E-state index in [1.807, 2.05) is 32.0 Å². The molecule has 7 nitrogen and oxygen atoms in total. The number of fused-ring (bicyclic) bond motifs is 1. The van der Waals surface area contributed by atoms with Crippen LogP contribution in [0.15, 0.2) is 52.3 Å². The van der Waals surface area contributed by atoms with E-state index in [0.717, 1.165) is 22.9 Å². The van der Waals surface area contributed by atoms with Crippen molar-refractivity contribution in [3.63, 3.8) is 0 Å². The molecule has 0 radical (unpaired) electrons. The predicted octanol–water partition coefficient (Wildman–Crippen LogP) is 3.95. The number of methoxy groups -OCH3 is 1. The molecule has 0 aliphatic carbocycles. The molecule has 0 spiro atoms. The first-order valence-electron chi connectivity index (χ1n) is 9.89. The Labute approximate surface area is 194 Å². The third-order valence-electron chi connectivity index (χ3n) is 4.81. The monoisotopic (exact) mass is 467 g/mol. The van der Waals surface area contributed by atoms with E-state index in [9.17, 15) is 9.59 Å². The molecule has 3 heterocycles. The second-order valence-electron chi connectivity index (χ2n) is 7.32. The number of hydrogen-bond acceptors (Lipinski definition) is 7. The first kappa shape index (κ1) is 22.2. The van der Waals surface area contributed by atoms with Crippen molar-refractivity contribution < 1.29 is 14.3 Å². The fraction of sp³-hybridized carbons (Fsp3) is 0.217. The van der Waals surface area contributed by atoms with Crippen LogP contribution in [0.25, 0.3) is 11.7 Å². The van der Waals surface area contributed by atoms with Gasteiger partial charge in [0.15, 0.2) is 0 Å². The minimum absolute atomic E-state index is 0.133. The Balaban J connectivity index is 1.82. The molecule has 9 heteroatoms. The Morgan fingerprint density at radius 1 is 1.16 bits per heavy atom. The van der Waals surface area contributed by atoms with E-state index >= 15 is 0 Å². The summed E-state index contributed by atoms with van der Waals surface area (Å²) < 4.78 is 13.0. The van der Waals surface area contributed by atoms with Crippen LogP contribution in [0.5, 0.6) is 11.6 Å². The summed E-state index contributed by atoms with van der Waals surface area (Å²) in [5, 5.41) is 0. The van der Waals surface area contributed by atoms with Gasteiger partial charge in [-0.15, -0.1) is 0 Å². The molecule has 1 fully saturated rings. The highest BCUT2D eigenvalue weighted by Gasteiger charge is 2.32. The third-order valence-corrected chi connectivity index (χ3v) is 6.19. The number of rotatable bonds is 6. The number of pyridine rings is 1. The van der Waals surface area contributed by atoms with Crippen molar-refractivity contribution in [1.29, 1.82) is 0 Å². The van der Waals surface area contributed by atoms with Crippen molar-refractivity contribution in [2.45, 2.75) is 13.8 Å². The molecular weight excluding hydrogens is 446 g/mol. The van der Waals surface area contributed by atoms with Gasteiger partial charge >= 0.3 is 0 Å². The molecule has 0 unspecified atom stereocenters. The van der Waals surface area contributed by atoms with Gasteiger partial charge in [0.25, 0.3) is 11.5 Å². The zero-order valence-electron chi connectivity index (χ0n) is 17.8. The van der Waals surface area contributed by atoms with Gasteiger partial charge < -0.3 is 9.47 Å². The van der Waals surface area contributed by atoms with Gasteiger partial charge in [-0.1, -0.05) is 36.1 Å². The van der Waals surface area contributed by atoms with Crippen LogP contribution in [0.1, 0.15) is 16.7 Å². The van der Waals surface area contributed by atoms with Crippen molar-refractivity contribution in [3.05, 3.63) is 74.5 Å². The Morgan fingerprint density at radius 2 is 1.91 bits per heavy atom. The molecular formula is C23H21N3O4S2. The van der Waals surface area contributed by atoms with E-state index in [4.69, 9.17) is 21.7 Å². The number of ether oxygens (including phenoxy) is 2.